The van der Waals surface area contributed by atoms with Gasteiger partial charge in [-0.15, -0.1) is 22.7 Å². The van der Waals surface area contributed by atoms with Crippen LogP contribution >= 0.6 is 22.7 Å². The normalized spacial score (nSPS) is 15.7. The Morgan fingerprint density at radius 1 is 1.00 bits per heavy atom. The van der Waals surface area contributed by atoms with Crippen molar-refractivity contribution in [3.63, 3.8) is 0 Å². The molecule has 3 aromatic rings. The van der Waals surface area contributed by atoms with E-state index in [0.29, 0.717) is 28.5 Å². The van der Waals surface area contributed by atoms with E-state index in [2.05, 4.69) is 9.97 Å². The molecule has 0 saturated carbocycles. The summed E-state index contributed by atoms with van der Waals surface area (Å²) < 4.78 is 6.01. The minimum atomic E-state index is -0.345. The summed E-state index contributed by atoms with van der Waals surface area (Å²) in [5, 5.41) is 0. The van der Waals surface area contributed by atoms with Crippen LogP contribution in [0.4, 0.5) is 0 Å². The number of hydrogen-bond acceptors (Lipinski definition) is 7. The molecule has 1 fully saturated rings. The number of aromatic nitrogens is 2. The number of rotatable bonds is 5. The van der Waals surface area contributed by atoms with Gasteiger partial charge in [0.05, 0.1) is 22.4 Å². The summed E-state index contributed by atoms with van der Waals surface area (Å²) in [7, 11) is 0. The predicted molar refractivity (Wildman–Crippen MR) is 117 cm³/mol. The van der Waals surface area contributed by atoms with Crippen molar-refractivity contribution in [2.24, 2.45) is 5.92 Å². The third-order valence-corrected chi connectivity index (χ3v) is 7.31. The number of amides is 1. The van der Waals surface area contributed by atoms with Crippen LogP contribution < -0.4 is 0 Å². The first-order valence-corrected chi connectivity index (χ1v) is 11.7. The maximum absolute atomic E-state index is 12.8. The van der Waals surface area contributed by atoms with E-state index < -0.39 is 0 Å². The number of ether oxygens (including phenoxy) is 1. The highest BCUT2D eigenvalue weighted by molar-refractivity contribution is 7.12. The molecule has 1 aromatic carbocycles. The fraction of sp³-hybridized carbons (Fsp3) is 0.364. The maximum Gasteiger partial charge on any atom is 0.350 e. The summed E-state index contributed by atoms with van der Waals surface area (Å²) in [5.74, 6) is -0.138. The van der Waals surface area contributed by atoms with Gasteiger partial charge in [-0.25, -0.2) is 14.8 Å². The number of likely N-dealkylation sites (tertiary alicyclic amines) is 1. The van der Waals surface area contributed by atoms with Gasteiger partial charge in [0.15, 0.2) is 0 Å². The van der Waals surface area contributed by atoms with Gasteiger partial charge in [0.25, 0.3) is 5.91 Å². The van der Waals surface area contributed by atoms with Crippen molar-refractivity contribution < 1.29 is 14.3 Å². The van der Waals surface area contributed by atoms with E-state index in [1.807, 2.05) is 49.1 Å². The molecule has 156 valence electrons. The third-order valence-electron chi connectivity index (χ3n) is 5.49. The molecular formula is C22H23N3O3S2. The third kappa shape index (κ3) is 4.29. The van der Waals surface area contributed by atoms with Crippen LogP contribution in [0.25, 0.3) is 0 Å². The van der Waals surface area contributed by atoms with Gasteiger partial charge in [-0.2, -0.15) is 0 Å². The van der Waals surface area contributed by atoms with Crippen molar-refractivity contribution in [3.8, 4) is 0 Å². The summed E-state index contributed by atoms with van der Waals surface area (Å²) in [5.41, 5.74) is 5.83. The molecule has 0 N–H and O–H groups in total. The monoisotopic (exact) mass is 441 g/mol. The van der Waals surface area contributed by atoms with Gasteiger partial charge in [0.1, 0.15) is 15.9 Å². The first kappa shape index (κ1) is 20.7. The second kappa shape index (κ2) is 9.06. The van der Waals surface area contributed by atoms with Crippen molar-refractivity contribution in [1.82, 2.24) is 14.9 Å². The van der Waals surface area contributed by atoms with Gasteiger partial charge >= 0.3 is 5.97 Å². The molecule has 2 aromatic heterocycles. The number of piperidine rings is 1. The Hall–Kier alpha value is -2.58. The van der Waals surface area contributed by atoms with Crippen LogP contribution in [0.1, 0.15) is 55.2 Å². The van der Waals surface area contributed by atoms with Crippen molar-refractivity contribution in [3.05, 3.63) is 68.1 Å². The number of benzene rings is 1. The molecule has 3 heterocycles. The molecule has 8 heteroatoms. The van der Waals surface area contributed by atoms with Crippen molar-refractivity contribution in [2.75, 3.05) is 13.1 Å². The molecule has 0 bridgehead atoms. The van der Waals surface area contributed by atoms with Crippen molar-refractivity contribution >= 4 is 34.6 Å². The number of carbonyl (C=O) groups is 2. The van der Waals surface area contributed by atoms with Gasteiger partial charge in [-0.3, -0.25) is 4.79 Å². The first-order chi connectivity index (χ1) is 14.5. The molecule has 1 unspecified atom stereocenters. The SMILES string of the molecule is Cc1ncsc1C(=O)OC(c1ccccc1)C1CCN(C(=O)c2scnc2C)CC1. The Kier molecular flexibility index (Phi) is 6.24. The Morgan fingerprint density at radius 2 is 1.60 bits per heavy atom. The lowest BCUT2D eigenvalue weighted by Gasteiger charge is -2.35. The van der Waals surface area contributed by atoms with E-state index in [0.717, 1.165) is 24.1 Å². The Labute approximate surface area is 183 Å². The van der Waals surface area contributed by atoms with Crippen LogP contribution in [0.2, 0.25) is 0 Å². The lowest BCUT2D eigenvalue weighted by molar-refractivity contribution is 0.00118. The van der Waals surface area contributed by atoms with Gasteiger partial charge in [-0.05, 0) is 32.3 Å². The second-order valence-corrected chi connectivity index (χ2v) is 9.11. The number of hydrogen-bond donors (Lipinski definition) is 0. The average molecular weight is 442 g/mol. The van der Waals surface area contributed by atoms with E-state index in [9.17, 15) is 9.59 Å². The number of esters is 1. The standard InChI is InChI=1S/C22H23N3O3S2/c1-14-19(29-12-23-14)21(26)25-10-8-17(9-11-25)18(16-6-4-3-5-7-16)28-22(27)20-15(2)24-13-30-20/h3-7,12-13,17-18H,8-11H2,1-2H3. The molecule has 1 saturated heterocycles. The maximum atomic E-state index is 12.8. The van der Waals surface area contributed by atoms with E-state index in [1.165, 1.54) is 22.7 Å². The molecule has 1 aliphatic heterocycles. The zero-order chi connectivity index (χ0) is 21.1. The van der Waals surface area contributed by atoms with E-state index in [-0.39, 0.29) is 23.9 Å². The predicted octanol–water partition coefficient (Wildman–Crippen LogP) is 4.67. The minimum Gasteiger partial charge on any atom is -0.453 e. The van der Waals surface area contributed by atoms with Crippen LogP contribution in [0, 0.1) is 19.8 Å². The molecular weight excluding hydrogens is 418 g/mol. The number of thiazole rings is 2. The first-order valence-electron chi connectivity index (χ1n) is 9.90. The molecule has 0 spiro atoms. The summed E-state index contributed by atoms with van der Waals surface area (Å²) in [6.45, 7) is 4.96. The van der Waals surface area contributed by atoms with Crippen LogP contribution in [-0.4, -0.2) is 39.8 Å². The van der Waals surface area contributed by atoms with Gasteiger partial charge in [0.2, 0.25) is 0 Å². The lowest BCUT2D eigenvalue weighted by atomic mass is 9.87. The topological polar surface area (TPSA) is 72.4 Å². The van der Waals surface area contributed by atoms with Crippen molar-refractivity contribution in [1.29, 1.82) is 0 Å². The molecule has 30 heavy (non-hydrogen) atoms. The van der Waals surface area contributed by atoms with Gasteiger partial charge in [0, 0.05) is 19.0 Å². The number of carbonyl (C=O) groups excluding carboxylic acids is 2. The van der Waals surface area contributed by atoms with Crippen LogP contribution in [-0.2, 0) is 4.74 Å². The van der Waals surface area contributed by atoms with Crippen molar-refractivity contribution in [2.45, 2.75) is 32.8 Å². The number of nitrogens with zero attached hydrogens (tertiary/aromatic N) is 3. The summed E-state index contributed by atoms with van der Waals surface area (Å²) in [6.07, 6.45) is 1.21. The van der Waals surface area contributed by atoms with E-state index in [1.54, 1.807) is 11.0 Å². The second-order valence-electron chi connectivity index (χ2n) is 7.40. The molecule has 1 atom stereocenters. The summed E-state index contributed by atoms with van der Waals surface area (Å²) in [4.78, 5) is 37.1. The van der Waals surface area contributed by atoms with Gasteiger partial charge < -0.3 is 9.64 Å². The van der Waals surface area contributed by atoms with Crippen LogP contribution in [0.15, 0.2) is 41.4 Å². The number of aryl methyl sites for hydroxylation is 2. The summed E-state index contributed by atoms with van der Waals surface area (Å²) >= 11 is 2.69. The Morgan fingerprint density at radius 3 is 2.17 bits per heavy atom. The largest absolute Gasteiger partial charge is 0.453 e. The molecule has 4 rings (SSSR count). The minimum absolute atomic E-state index is 0.0435. The quantitative estimate of drug-likeness (QED) is 0.538. The zero-order valence-electron chi connectivity index (χ0n) is 16.9. The van der Waals surface area contributed by atoms with Gasteiger partial charge in [-0.1, -0.05) is 30.3 Å². The van der Waals surface area contributed by atoms with E-state index in [4.69, 9.17) is 4.74 Å². The average Bonchev–Trinajstić information content (AvgIpc) is 3.40. The Balaban J connectivity index is 1.48. The van der Waals surface area contributed by atoms with Crippen LogP contribution in [0.5, 0.6) is 0 Å². The lowest BCUT2D eigenvalue weighted by Crippen LogP contribution is -2.40. The fourth-order valence-electron chi connectivity index (χ4n) is 3.80. The highest BCUT2D eigenvalue weighted by Crippen LogP contribution is 2.35. The van der Waals surface area contributed by atoms with E-state index >= 15 is 0 Å². The molecule has 0 radical (unpaired) electrons. The van der Waals surface area contributed by atoms with Crippen LogP contribution in [0.3, 0.4) is 0 Å². The molecule has 0 aliphatic carbocycles. The Bertz CT molecular complexity index is 1020. The molecule has 6 nitrogen and oxygen atoms in total. The fourth-order valence-corrected chi connectivity index (χ4v) is 5.26. The molecule has 1 amide bonds. The smallest absolute Gasteiger partial charge is 0.350 e. The summed E-state index contributed by atoms with van der Waals surface area (Å²) in [6, 6.07) is 9.86. The highest BCUT2D eigenvalue weighted by Gasteiger charge is 2.33. The zero-order valence-corrected chi connectivity index (χ0v) is 18.5. The highest BCUT2D eigenvalue weighted by atomic mass is 32.1. The molecule has 1 aliphatic rings.